The molecule has 5 nitrogen and oxygen atoms in total. The summed E-state index contributed by atoms with van der Waals surface area (Å²) < 4.78 is 65.9. The summed E-state index contributed by atoms with van der Waals surface area (Å²) in [6, 6.07) is 2.79. The first kappa shape index (κ1) is 16.9. The van der Waals surface area contributed by atoms with Crippen molar-refractivity contribution in [3.8, 4) is 5.75 Å². The van der Waals surface area contributed by atoms with Gasteiger partial charge in [-0.1, -0.05) is 0 Å². The van der Waals surface area contributed by atoms with Gasteiger partial charge < -0.3 is 9.64 Å². The molecule has 0 spiro atoms. The van der Waals surface area contributed by atoms with E-state index in [0.29, 0.717) is 0 Å². The summed E-state index contributed by atoms with van der Waals surface area (Å²) in [6.45, 7) is -0.296. The average Bonchev–Trinajstić information content (AvgIpc) is 2.79. The fourth-order valence-electron chi connectivity index (χ4n) is 2.13. The first-order chi connectivity index (χ1) is 10.0. The maximum atomic E-state index is 12.9. The third-order valence-electron chi connectivity index (χ3n) is 3.25. The maximum Gasteiger partial charge on any atom is 0.416 e. The van der Waals surface area contributed by atoms with Crippen molar-refractivity contribution in [3.05, 3.63) is 23.8 Å². The molecule has 1 fully saturated rings. The summed E-state index contributed by atoms with van der Waals surface area (Å²) in [5, 5.41) is -1.15. The second kappa shape index (κ2) is 5.62. The summed E-state index contributed by atoms with van der Waals surface area (Å²) in [6.07, 6.45) is -4.99. The van der Waals surface area contributed by atoms with Gasteiger partial charge in [-0.15, -0.1) is 0 Å². The zero-order valence-corrected chi connectivity index (χ0v) is 12.8. The van der Waals surface area contributed by atoms with Crippen molar-refractivity contribution in [1.82, 2.24) is 0 Å². The van der Waals surface area contributed by atoms with Gasteiger partial charge in [0.05, 0.1) is 12.7 Å². The maximum absolute atomic E-state index is 12.9. The number of benzene rings is 1. The Balaban J connectivity index is 2.42. The molecule has 0 bridgehead atoms. The number of hydrogen-bond donors (Lipinski definition) is 0. The predicted octanol–water partition coefficient (Wildman–Crippen LogP) is 2.39. The number of carbonyl (C=O) groups is 1. The minimum atomic E-state index is -4.62. The van der Waals surface area contributed by atoms with Gasteiger partial charge in [-0.05, 0) is 12.1 Å². The molecule has 0 saturated carbocycles. The van der Waals surface area contributed by atoms with Crippen LogP contribution in [0.1, 0.15) is 12.0 Å². The van der Waals surface area contributed by atoms with Crippen LogP contribution in [-0.2, 0) is 20.0 Å². The molecular weight excluding hydrogens is 347 g/mol. The first-order valence-corrected chi connectivity index (χ1v) is 8.39. The van der Waals surface area contributed by atoms with Gasteiger partial charge in [-0.2, -0.15) is 13.2 Å². The molecule has 1 unspecified atom stereocenters. The summed E-state index contributed by atoms with van der Waals surface area (Å²) in [4.78, 5) is 12.8. The Labute approximate surface area is 129 Å². The van der Waals surface area contributed by atoms with Crippen LogP contribution in [0.4, 0.5) is 18.9 Å². The topological polar surface area (TPSA) is 63.7 Å². The molecular formula is C12H11ClF3NO4S. The largest absolute Gasteiger partial charge is 0.497 e. The molecule has 1 atom stereocenters. The third kappa shape index (κ3) is 3.46. The lowest BCUT2D eigenvalue weighted by molar-refractivity contribution is -0.137. The normalized spacial score (nSPS) is 19.6. The quantitative estimate of drug-likeness (QED) is 0.779. The van der Waals surface area contributed by atoms with Crippen molar-refractivity contribution < 1.29 is 31.1 Å². The Morgan fingerprint density at radius 1 is 1.32 bits per heavy atom. The van der Waals surface area contributed by atoms with Gasteiger partial charge in [0.25, 0.3) is 0 Å². The van der Waals surface area contributed by atoms with Crippen LogP contribution in [0.5, 0.6) is 5.75 Å². The summed E-state index contributed by atoms with van der Waals surface area (Å²) >= 11 is 0. The predicted molar refractivity (Wildman–Crippen MR) is 73.5 cm³/mol. The second-order valence-electron chi connectivity index (χ2n) is 4.72. The number of rotatable bonds is 3. The minimum Gasteiger partial charge on any atom is -0.497 e. The van der Waals surface area contributed by atoms with Gasteiger partial charge in [0.1, 0.15) is 11.0 Å². The summed E-state index contributed by atoms with van der Waals surface area (Å²) in [5.74, 6) is -0.703. The minimum absolute atomic E-state index is 0.0838. The van der Waals surface area contributed by atoms with Crippen LogP contribution in [-0.4, -0.2) is 33.2 Å². The van der Waals surface area contributed by atoms with Crippen LogP contribution in [0.2, 0.25) is 0 Å². The molecule has 122 valence electrons. The van der Waals surface area contributed by atoms with Crippen LogP contribution < -0.4 is 9.64 Å². The Bertz CT molecular complexity index is 705. The van der Waals surface area contributed by atoms with E-state index in [1.807, 2.05) is 0 Å². The Morgan fingerprint density at radius 3 is 2.41 bits per heavy atom. The van der Waals surface area contributed by atoms with E-state index in [1.165, 1.54) is 13.2 Å². The van der Waals surface area contributed by atoms with Crippen molar-refractivity contribution >= 4 is 31.3 Å². The molecule has 10 heteroatoms. The molecule has 1 saturated heterocycles. The van der Waals surface area contributed by atoms with E-state index in [1.54, 1.807) is 0 Å². The molecule has 1 aromatic rings. The molecule has 1 aromatic carbocycles. The number of hydrogen-bond acceptors (Lipinski definition) is 4. The van der Waals surface area contributed by atoms with E-state index in [4.69, 9.17) is 15.4 Å². The molecule has 1 aliphatic heterocycles. The number of alkyl halides is 3. The highest BCUT2D eigenvalue weighted by atomic mass is 35.7. The van der Waals surface area contributed by atoms with E-state index < -0.39 is 31.9 Å². The van der Waals surface area contributed by atoms with Crippen molar-refractivity contribution in [1.29, 1.82) is 0 Å². The highest BCUT2D eigenvalue weighted by Gasteiger charge is 2.39. The number of carbonyl (C=O) groups excluding carboxylic acids is 1. The molecule has 1 aliphatic rings. The number of halogens is 4. The lowest BCUT2D eigenvalue weighted by atomic mass is 10.1. The van der Waals surface area contributed by atoms with E-state index >= 15 is 0 Å². The van der Waals surface area contributed by atoms with Gasteiger partial charge in [0.2, 0.25) is 15.0 Å². The zero-order valence-electron chi connectivity index (χ0n) is 11.2. The highest BCUT2D eigenvalue weighted by Crippen LogP contribution is 2.36. The van der Waals surface area contributed by atoms with Crippen molar-refractivity contribution in [2.24, 2.45) is 0 Å². The van der Waals surface area contributed by atoms with Gasteiger partial charge in [-0.3, -0.25) is 4.79 Å². The van der Waals surface area contributed by atoms with Crippen molar-refractivity contribution in [2.75, 3.05) is 18.6 Å². The highest BCUT2D eigenvalue weighted by molar-refractivity contribution is 8.14. The molecule has 1 amide bonds. The average molecular weight is 358 g/mol. The van der Waals surface area contributed by atoms with E-state index in [0.717, 1.165) is 17.0 Å². The monoisotopic (exact) mass is 357 g/mol. The van der Waals surface area contributed by atoms with Crippen LogP contribution >= 0.6 is 10.7 Å². The van der Waals surface area contributed by atoms with E-state index in [-0.39, 0.29) is 24.4 Å². The molecule has 0 N–H and O–H groups in total. The Hall–Kier alpha value is -1.48. The fraction of sp³-hybridized carbons (Fsp3) is 0.417. The lowest BCUT2D eigenvalue weighted by Gasteiger charge is -2.19. The third-order valence-corrected chi connectivity index (χ3v) is 5.12. The van der Waals surface area contributed by atoms with Crippen molar-refractivity contribution in [3.63, 3.8) is 0 Å². The van der Waals surface area contributed by atoms with Gasteiger partial charge in [0, 0.05) is 35.4 Å². The molecule has 2 rings (SSSR count). The van der Waals surface area contributed by atoms with Crippen molar-refractivity contribution in [2.45, 2.75) is 17.8 Å². The Morgan fingerprint density at radius 2 is 1.95 bits per heavy atom. The number of nitrogens with zero attached hydrogens (tertiary/aromatic N) is 1. The first-order valence-electron chi connectivity index (χ1n) is 6.02. The number of ether oxygens (including phenoxy) is 1. The fourth-order valence-corrected chi connectivity index (χ4v) is 3.16. The standard InChI is InChI=1S/C12H11ClF3NO4S/c1-21-9-3-7(12(14,15)16)2-8(4-9)17-6-10(5-11(17)18)22(13,19)20/h2-4,10H,5-6H2,1H3. The van der Waals surface area contributed by atoms with Crippen LogP contribution in [0.15, 0.2) is 18.2 Å². The lowest BCUT2D eigenvalue weighted by Crippen LogP contribution is -2.27. The van der Waals surface area contributed by atoms with Gasteiger partial charge in [-0.25, -0.2) is 8.42 Å². The van der Waals surface area contributed by atoms with Crippen LogP contribution in [0, 0.1) is 0 Å². The summed E-state index contributed by atoms with van der Waals surface area (Å²) in [7, 11) is 2.43. The number of methoxy groups -OCH3 is 1. The van der Waals surface area contributed by atoms with Crippen LogP contribution in [0.25, 0.3) is 0 Å². The smallest absolute Gasteiger partial charge is 0.416 e. The Kier molecular flexibility index (Phi) is 4.31. The van der Waals surface area contributed by atoms with E-state index in [9.17, 15) is 26.4 Å². The van der Waals surface area contributed by atoms with Gasteiger partial charge in [0.15, 0.2) is 0 Å². The SMILES string of the molecule is COc1cc(N2CC(S(=O)(=O)Cl)CC2=O)cc(C(F)(F)F)c1. The van der Waals surface area contributed by atoms with Gasteiger partial charge >= 0.3 is 6.18 Å². The zero-order chi connectivity index (χ0) is 16.7. The molecule has 0 aromatic heterocycles. The number of amides is 1. The number of anilines is 1. The molecule has 1 heterocycles. The second-order valence-corrected chi connectivity index (χ2v) is 7.63. The molecule has 22 heavy (non-hydrogen) atoms. The molecule has 0 radical (unpaired) electrons. The summed E-state index contributed by atoms with van der Waals surface area (Å²) in [5.41, 5.74) is -1.08. The van der Waals surface area contributed by atoms with E-state index in [2.05, 4.69) is 0 Å². The molecule has 0 aliphatic carbocycles. The van der Waals surface area contributed by atoms with Crippen LogP contribution in [0.3, 0.4) is 0 Å².